The number of carbonyl (C=O) groups is 1. The predicted octanol–water partition coefficient (Wildman–Crippen LogP) is 5.82. The maximum Gasteiger partial charge on any atom is 0.342 e. The highest BCUT2D eigenvalue weighted by Crippen LogP contribution is 2.38. The fourth-order valence-electron chi connectivity index (χ4n) is 5.37. The van der Waals surface area contributed by atoms with Crippen molar-refractivity contribution in [1.82, 2.24) is 9.88 Å². The van der Waals surface area contributed by atoms with Crippen LogP contribution in [0.3, 0.4) is 0 Å². The Morgan fingerprint density at radius 3 is 2.68 bits per heavy atom. The third-order valence-corrected chi connectivity index (χ3v) is 8.04. The van der Waals surface area contributed by atoms with Crippen molar-refractivity contribution in [3.63, 3.8) is 0 Å². The molecule has 2 aliphatic rings. The summed E-state index contributed by atoms with van der Waals surface area (Å²) in [5.74, 6) is 1.87. The highest BCUT2D eigenvalue weighted by atomic mass is 35.5. The monoisotopic (exact) mass is 616 g/mol. The number of nitrogens with zero attached hydrogens (tertiary/aromatic N) is 2. The number of halogens is 1. The van der Waals surface area contributed by atoms with Gasteiger partial charge in [0.15, 0.2) is 11.5 Å². The van der Waals surface area contributed by atoms with Crippen LogP contribution in [0.25, 0.3) is 11.1 Å². The van der Waals surface area contributed by atoms with Crippen LogP contribution < -0.4 is 18.9 Å². The van der Waals surface area contributed by atoms with Crippen LogP contribution >= 0.6 is 11.6 Å². The number of β-amino-alcohol motifs (C(OH)–C–C–N with tert-alkyl or cyclic N) is 1. The van der Waals surface area contributed by atoms with Crippen molar-refractivity contribution in [3.8, 4) is 34.1 Å². The molecule has 0 bridgehead atoms. The molecule has 0 spiro atoms. The molecule has 44 heavy (non-hydrogen) atoms. The number of rotatable bonds is 10. The fourth-order valence-corrected chi connectivity index (χ4v) is 5.61. The van der Waals surface area contributed by atoms with Gasteiger partial charge in [-0.3, -0.25) is 9.88 Å². The molecule has 1 atom stereocenters. The van der Waals surface area contributed by atoms with E-state index in [2.05, 4.69) is 22.9 Å². The van der Waals surface area contributed by atoms with Crippen LogP contribution in [0.4, 0.5) is 0 Å². The lowest BCUT2D eigenvalue weighted by molar-refractivity contribution is 0.0148. The summed E-state index contributed by atoms with van der Waals surface area (Å²) in [6.45, 7) is 4.94. The van der Waals surface area contributed by atoms with Crippen molar-refractivity contribution in [2.75, 3.05) is 33.1 Å². The molecule has 3 aromatic carbocycles. The normalized spacial score (nSPS) is 16.0. The van der Waals surface area contributed by atoms with Crippen LogP contribution in [0.5, 0.6) is 23.0 Å². The lowest BCUT2D eigenvalue weighted by atomic mass is 9.96. The van der Waals surface area contributed by atoms with Gasteiger partial charge in [-0.1, -0.05) is 35.9 Å². The molecule has 3 heterocycles. The molecule has 228 valence electrons. The number of aromatic nitrogens is 1. The van der Waals surface area contributed by atoms with Crippen molar-refractivity contribution in [1.29, 1.82) is 0 Å². The standard InChI is InChI=1S/C34H33ClN2O7/c1-22-25(4-2-6-28(22)23-7-8-30-33(15-23)41-13-12-40-30)20-42-32-16-31(43-21-44-34(39)24-5-3-10-36-17-24)26(14-29(32)35)18-37-11-9-27(38)19-37/h2-8,10,14-17,27,38H,9,11-13,18-21H2,1H3. The first kappa shape index (κ1) is 29.7. The van der Waals surface area contributed by atoms with Gasteiger partial charge in [0.05, 0.1) is 16.7 Å². The molecule has 1 aromatic heterocycles. The Morgan fingerprint density at radius 1 is 1.02 bits per heavy atom. The fraction of sp³-hybridized carbons (Fsp3) is 0.294. The van der Waals surface area contributed by atoms with E-state index in [-0.39, 0.29) is 19.5 Å². The molecular formula is C34H33ClN2O7. The second-order valence-electron chi connectivity index (χ2n) is 10.7. The van der Waals surface area contributed by atoms with Crippen LogP contribution in [-0.4, -0.2) is 60.2 Å². The van der Waals surface area contributed by atoms with Crippen molar-refractivity contribution >= 4 is 17.6 Å². The number of pyridine rings is 1. The quantitative estimate of drug-likeness (QED) is 0.174. The Bertz CT molecular complexity index is 1630. The van der Waals surface area contributed by atoms with Crippen molar-refractivity contribution in [2.24, 2.45) is 0 Å². The summed E-state index contributed by atoms with van der Waals surface area (Å²) in [6.07, 6.45) is 3.36. The molecule has 1 N–H and O–H groups in total. The number of likely N-dealkylation sites (tertiary alicyclic amines) is 1. The molecule has 9 nitrogen and oxygen atoms in total. The van der Waals surface area contributed by atoms with E-state index in [0.29, 0.717) is 54.8 Å². The van der Waals surface area contributed by atoms with Crippen molar-refractivity contribution < 1.29 is 33.6 Å². The van der Waals surface area contributed by atoms with Gasteiger partial charge in [0.1, 0.15) is 31.3 Å². The molecule has 2 aliphatic heterocycles. The van der Waals surface area contributed by atoms with Gasteiger partial charge in [-0.05, 0) is 65.9 Å². The van der Waals surface area contributed by atoms with E-state index in [9.17, 15) is 9.90 Å². The van der Waals surface area contributed by atoms with Crippen molar-refractivity contribution in [2.45, 2.75) is 32.6 Å². The molecule has 0 radical (unpaired) electrons. The molecular weight excluding hydrogens is 584 g/mol. The number of aliphatic hydroxyl groups is 1. The molecule has 4 aromatic rings. The summed E-state index contributed by atoms with van der Waals surface area (Å²) in [7, 11) is 0. The van der Waals surface area contributed by atoms with E-state index < -0.39 is 5.97 Å². The van der Waals surface area contributed by atoms with Crippen LogP contribution in [0, 0.1) is 6.92 Å². The summed E-state index contributed by atoms with van der Waals surface area (Å²) in [6, 6.07) is 18.9. The number of hydrogen-bond acceptors (Lipinski definition) is 9. The Kier molecular flexibility index (Phi) is 9.16. The first-order valence-electron chi connectivity index (χ1n) is 14.5. The number of fused-ring (bicyclic) bond motifs is 1. The lowest BCUT2D eigenvalue weighted by Crippen LogP contribution is -2.22. The smallest absolute Gasteiger partial charge is 0.342 e. The molecule has 1 saturated heterocycles. The molecule has 0 saturated carbocycles. The molecule has 10 heteroatoms. The highest BCUT2D eigenvalue weighted by molar-refractivity contribution is 6.32. The Hall–Kier alpha value is -4.31. The van der Waals surface area contributed by atoms with Gasteiger partial charge < -0.3 is 28.8 Å². The second-order valence-corrected chi connectivity index (χ2v) is 11.1. The van der Waals surface area contributed by atoms with Gasteiger partial charge in [0.2, 0.25) is 6.79 Å². The Morgan fingerprint density at radius 2 is 1.89 bits per heavy atom. The molecule has 1 fully saturated rings. The van der Waals surface area contributed by atoms with Gasteiger partial charge in [-0.15, -0.1) is 0 Å². The first-order chi connectivity index (χ1) is 21.4. The summed E-state index contributed by atoms with van der Waals surface area (Å²) < 4.78 is 29.0. The maximum atomic E-state index is 12.4. The summed E-state index contributed by atoms with van der Waals surface area (Å²) in [4.78, 5) is 18.5. The molecule has 0 aliphatic carbocycles. The van der Waals surface area contributed by atoms with Crippen LogP contribution in [-0.2, 0) is 17.9 Å². The van der Waals surface area contributed by atoms with E-state index in [1.165, 1.54) is 6.20 Å². The maximum absolute atomic E-state index is 12.4. The van der Waals surface area contributed by atoms with E-state index in [0.717, 1.165) is 45.9 Å². The van der Waals surface area contributed by atoms with Gasteiger partial charge in [0.25, 0.3) is 0 Å². The zero-order chi connectivity index (χ0) is 30.5. The summed E-state index contributed by atoms with van der Waals surface area (Å²) in [5, 5.41) is 10.4. The van der Waals surface area contributed by atoms with E-state index in [1.54, 1.807) is 30.5 Å². The minimum atomic E-state index is -0.541. The van der Waals surface area contributed by atoms with E-state index >= 15 is 0 Å². The number of carbonyl (C=O) groups excluding carboxylic acids is 1. The average Bonchev–Trinajstić information content (AvgIpc) is 3.46. The number of esters is 1. The minimum absolute atomic E-state index is 0.275. The largest absolute Gasteiger partial charge is 0.487 e. The summed E-state index contributed by atoms with van der Waals surface area (Å²) >= 11 is 6.71. The molecule has 1 unspecified atom stereocenters. The Balaban J connectivity index is 1.19. The number of hydrogen-bond donors (Lipinski definition) is 1. The third-order valence-electron chi connectivity index (χ3n) is 7.74. The topological polar surface area (TPSA) is 99.6 Å². The predicted molar refractivity (Wildman–Crippen MR) is 164 cm³/mol. The van der Waals surface area contributed by atoms with Crippen LogP contribution in [0.2, 0.25) is 5.02 Å². The number of benzene rings is 3. The number of ether oxygens (including phenoxy) is 5. The second kappa shape index (κ2) is 13.5. The highest BCUT2D eigenvalue weighted by Gasteiger charge is 2.23. The van der Waals surface area contributed by atoms with Crippen LogP contribution in [0.15, 0.2) is 73.1 Å². The van der Waals surface area contributed by atoms with Gasteiger partial charge in [0, 0.05) is 43.7 Å². The summed E-state index contributed by atoms with van der Waals surface area (Å²) in [5.41, 5.74) is 5.29. The average molecular weight is 617 g/mol. The van der Waals surface area contributed by atoms with E-state index in [1.807, 2.05) is 30.3 Å². The van der Waals surface area contributed by atoms with E-state index in [4.69, 9.17) is 35.3 Å². The van der Waals surface area contributed by atoms with Gasteiger partial charge in [-0.2, -0.15) is 0 Å². The number of aliphatic hydroxyl groups excluding tert-OH is 1. The third kappa shape index (κ3) is 6.91. The Labute approximate surface area is 260 Å². The lowest BCUT2D eigenvalue weighted by Gasteiger charge is -2.20. The molecule has 6 rings (SSSR count). The zero-order valence-electron chi connectivity index (χ0n) is 24.3. The SMILES string of the molecule is Cc1c(COc2cc(OCOC(=O)c3cccnc3)c(CN3CCC(O)C3)cc2Cl)cccc1-c1ccc2c(c1)OCCO2. The molecule has 0 amide bonds. The van der Waals surface area contributed by atoms with Gasteiger partial charge >= 0.3 is 5.97 Å². The van der Waals surface area contributed by atoms with Crippen LogP contribution in [0.1, 0.15) is 33.5 Å². The first-order valence-corrected chi connectivity index (χ1v) is 14.9. The zero-order valence-corrected chi connectivity index (χ0v) is 25.1. The van der Waals surface area contributed by atoms with Gasteiger partial charge in [-0.25, -0.2) is 4.79 Å². The van der Waals surface area contributed by atoms with Crippen molar-refractivity contribution in [3.05, 3.63) is 100 Å². The minimum Gasteiger partial charge on any atom is -0.487 e.